The molecule has 0 saturated carbocycles. The lowest BCUT2D eigenvalue weighted by molar-refractivity contribution is -0.161. The second-order valence-electron chi connectivity index (χ2n) is 30.0. The number of carbonyl (C=O) groups is 4. The molecule has 0 aromatic rings. The predicted molar refractivity (Wildman–Crippen MR) is 395 cm³/mol. The summed E-state index contributed by atoms with van der Waals surface area (Å²) in [6.45, 7) is 14.1. The lowest BCUT2D eigenvalue weighted by Gasteiger charge is -2.21. The third-order valence-electron chi connectivity index (χ3n) is 18.1. The van der Waals surface area contributed by atoms with E-state index in [4.69, 9.17) is 37.0 Å². The van der Waals surface area contributed by atoms with E-state index < -0.39 is 97.5 Å². The van der Waals surface area contributed by atoms with Crippen LogP contribution in [0.2, 0.25) is 0 Å². The van der Waals surface area contributed by atoms with Gasteiger partial charge in [0.2, 0.25) is 0 Å². The van der Waals surface area contributed by atoms with Crippen LogP contribution in [-0.2, 0) is 65.4 Å². The summed E-state index contributed by atoms with van der Waals surface area (Å²) in [6.07, 6.45) is 53.2. The van der Waals surface area contributed by atoms with Gasteiger partial charge in [-0.3, -0.25) is 37.3 Å². The van der Waals surface area contributed by atoms with Crippen LogP contribution in [0.25, 0.3) is 0 Å². The molecule has 19 heteroatoms. The molecule has 0 spiro atoms. The summed E-state index contributed by atoms with van der Waals surface area (Å²) in [7, 11) is -9.91. The van der Waals surface area contributed by atoms with Gasteiger partial charge in [-0.2, -0.15) is 0 Å². The summed E-state index contributed by atoms with van der Waals surface area (Å²) in [6, 6.07) is 0. The van der Waals surface area contributed by atoms with Crippen LogP contribution in [-0.4, -0.2) is 96.7 Å². The first kappa shape index (κ1) is 95.1. The maximum atomic E-state index is 13.1. The predicted octanol–water partition coefficient (Wildman–Crippen LogP) is 22.8. The lowest BCUT2D eigenvalue weighted by atomic mass is 10.0. The van der Waals surface area contributed by atoms with E-state index >= 15 is 0 Å². The van der Waals surface area contributed by atoms with Crippen molar-refractivity contribution >= 4 is 39.5 Å². The Morgan fingerprint density at radius 3 is 0.639 bits per heavy atom. The summed E-state index contributed by atoms with van der Waals surface area (Å²) in [5, 5.41) is 10.6. The Morgan fingerprint density at radius 2 is 0.433 bits per heavy atom. The SMILES string of the molecule is CC(C)CCCCCCCCCCCCCCCCCCCCC(=O)O[C@H](COC(=O)CCCCCCCCCCCCCCCCC(C)C)COP(=O)(O)OC[C@@H](O)COP(=O)(O)OC[C@@H](COC(=O)CCCCCCCCC(C)C)OC(=O)CCCCCCCCCC(C)C. The zero-order valence-corrected chi connectivity index (χ0v) is 65.5. The van der Waals surface area contributed by atoms with Gasteiger partial charge in [0, 0.05) is 25.7 Å². The number of aliphatic hydroxyl groups is 1. The Balaban J connectivity index is 5.19. The molecule has 0 aliphatic carbocycles. The number of rotatable bonds is 75. The fourth-order valence-corrected chi connectivity index (χ4v) is 13.5. The molecule has 0 bridgehead atoms. The van der Waals surface area contributed by atoms with E-state index in [1.807, 2.05) is 0 Å². The van der Waals surface area contributed by atoms with Crippen LogP contribution < -0.4 is 0 Å². The monoisotopic (exact) mass is 1420 g/mol. The highest BCUT2D eigenvalue weighted by molar-refractivity contribution is 7.47. The van der Waals surface area contributed by atoms with Gasteiger partial charge in [0.05, 0.1) is 26.4 Å². The van der Waals surface area contributed by atoms with E-state index in [2.05, 4.69) is 55.4 Å². The molecular weight excluding hydrogens is 1270 g/mol. The van der Waals surface area contributed by atoms with Crippen LogP contribution in [0.3, 0.4) is 0 Å². The Kier molecular flexibility index (Phi) is 65.9. The van der Waals surface area contributed by atoms with Crippen LogP contribution in [0.1, 0.15) is 396 Å². The van der Waals surface area contributed by atoms with Crippen molar-refractivity contribution in [2.45, 2.75) is 414 Å². The van der Waals surface area contributed by atoms with Crippen molar-refractivity contribution in [2.24, 2.45) is 23.7 Å². The molecule has 0 aromatic carbocycles. The molecule has 576 valence electrons. The second-order valence-corrected chi connectivity index (χ2v) is 32.9. The topological polar surface area (TPSA) is 237 Å². The van der Waals surface area contributed by atoms with Crippen LogP contribution in [0.5, 0.6) is 0 Å². The average Bonchev–Trinajstić information content (AvgIpc) is 1.50. The van der Waals surface area contributed by atoms with Crippen LogP contribution >= 0.6 is 15.6 Å². The Labute approximate surface area is 594 Å². The van der Waals surface area contributed by atoms with Crippen molar-refractivity contribution in [3.63, 3.8) is 0 Å². The molecule has 0 aliphatic heterocycles. The summed E-state index contributed by atoms with van der Waals surface area (Å²) in [4.78, 5) is 72.8. The van der Waals surface area contributed by atoms with Gasteiger partial charge in [-0.25, -0.2) is 9.13 Å². The van der Waals surface area contributed by atoms with E-state index in [1.165, 1.54) is 193 Å². The number of ether oxygens (including phenoxy) is 4. The summed E-state index contributed by atoms with van der Waals surface area (Å²) in [5.74, 6) is 0.872. The van der Waals surface area contributed by atoms with Crippen molar-refractivity contribution in [1.82, 2.24) is 0 Å². The van der Waals surface area contributed by atoms with E-state index in [0.717, 1.165) is 108 Å². The first-order valence-electron chi connectivity index (χ1n) is 40.2. The van der Waals surface area contributed by atoms with Gasteiger partial charge in [-0.15, -0.1) is 0 Å². The molecule has 2 unspecified atom stereocenters. The van der Waals surface area contributed by atoms with Crippen molar-refractivity contribution in [1.29, 1.82) is 0 Å². The molecule has 0 aromatic heterocycles. The van der Waals surface area contributed by atoms with Crippen molar-refractivity contribution in [3.8, 4) is 0 Å². The number of hydrogen-bond donors (Lipinski definition) is 3. The minimum Gasteiger partial charge on any atom is -0.462 e. The van der Waals surface area contributed by atoms with E-state index in [0.29, 0.717) is 37.5 Å². The molecular formula is C78H152O17P2. The largest absolute Gasteiger partial charge is 0.472 e. The smallest absolute Gasteiger partial charge is 0.462 e. The second kappa shape index (κ2) is 67.2. The standard InChI is InChI=1S/C78H152O17P2/c1-68(2)54-46-38-30-25-21-17-13-11-9-10-12-14-20-24-28-34-44-52-60-77(82)94-73(64-88-75(80)58-50-42-33-27-23-19-16-15-18-22-26-31-39-47-55-69(3)4)66-92-96(84,85)90-62-72(79)63-91-97(86,87)93-67-74(65-89-76(81)59-51-43-37-36-41-49-57-71(7)8)95-78(83)61-53-45-35-29-32-40-48-56-70(5)6/h68-74,79H,9-67H2,1-8H3,(H,84,85)(H,86,87)/t72-,73-,74-/m1/s1. The Bertz CT molecular complexity index is 1900. The number of aliphatic hydroxyl groups excluding tert-OH is 1. The molecule has 0 heterocycles. The van der Waals surface area contributed by atoms with Gasteiger partial charge in [0.25, 0.3) is 0 Å². The highest BCUT2D eigenvalue weighted by Gasteiger charge is 2.30. The van der Waals surface area contributed by atoms with Gasteiger partial charge in [-0.1, -0.05) is 344 Å². The molecule has 17 nitrogen and oxygen atoms in total. The third kappa shape index (κ3) is 72.2. The van der Waals surface area contributed by atoms with Gasteiger partial charge in [0.1, 0.15) is 19.3 Å². The fourth-order valence-electron chi connectivity index (χ4n) is 11.9. The third-order valence-corrected chi connectivity index (χ3v) is 20.0. The molecule has 5 atom stereocenters. The summed E-state index contributed by atoms with van der Waals surface area (Å²) >= 11 is 0. The van der Waals surface area contributed by atoms with Gasteiger partial charge in [0.15, 0.2) is 12.2 Å². The van der Waals surface area contributed by atoms with Gasteiger partial charge < -0.3 is 33.8 Å². The zero-order valence-electron chi connectivity index (χ0n) is 63.7. The molecule has 0 rings (SSSR count). The quantitative estimate of drug-likeness (QED) is 0.0222. The average molecular weight is 1420 g/mol. The molecule has 0 fully saturated rings. The molecule has 97 heavy (non-hydrogen) atoms. The Hall–Kier alpha value is -1.94. The van der Waals surface area contributed by atoms with Crippen LogP contribution in [0, 0.1) is 23.7 Å². The molecule has 0 aliphatic rings. The van der Waals surface area contributed by atoms with Crippen LogP contribution in [0.4, 0.5) is 0 Å². The maximum Gasteiger partial charge on any atom is 0.472 e. The number of carbonyl (C=O) groups excluding carboxylic acids is 4. The van der Waals surface area contributed by atoms with Gasteiger partial charge >= 0.3 is 39.5 Å². The first-order chi connectivity index (χ1) is 46.6. The normalized spacial score (nSPS) is 14.1. The van der Waals surface area contributed by atoms with Crippen molar-refractivity contribution in [3.05, 3.63) is 0 Å². The minimum absolute atomic E-state index is 0.102. The lowest BCUT2D eigenvalue weighted by Crippen LogP contribution is -2.30. The fraction of sp³-hybridized carbons (Fsp3) is 0.949. The minimum atomic E-state index is -4.96. The van der Waals surface area contributed by atoms with Gasteiger partial charge in [-0.05, 0) is 49.4 Å². The summed E-state index contributed by atoms with van der Waals surface area (Å²) < 4.78 is 68.5. The van der Waals surface area contributed by atoms with E-state index in [9.17, 15) is 43.2 Å². The van der Waals surface area contributed by atoms with E-state index in [1.54, 1.807) is 0 Å². The number of esters is 4. The number of phosphoric ester groups is 2. The number of phosphoric acid groups is 2. The highest BCUT2D eigenvalue weighted by atomic mass is 31.2. The molecule has 0 saturated heterocycles. The first-order valence-corrected chi connectivity index (χ1v) is 43.2. The van der Waals surface area contributed by atoms with Crippen molar-refractivity contribution < 1.29 is 80.2 Å². The molecule has 3 N–H and O–H groups in total. The van der Waals surface area contributed by atoms with Crippen LogP contribution in [0.15, 0.2) is 0 Å². The zero-order chi connectivity index (χ0) is 71.7. The van der Waals surface area contributed by atoms with E-state index in [-0.39, 0.29) is 25.7 Å². The molecule has 0 amide bonds. The number of unbranched alkanes of at least 4 members (excludes halogenated alkanes) is 41. The summed E-state index contributed by atoms with van der Waals surface area (Å²) in [5.41, 5.74) is 0. The van der Waals surface area contributed by atoms with Crippen molar-refractivity contribution in [2.75, 3.05) is 39.6 Å². The molecule has 0 radical (unpaired) electrons. The maximum absolute atomic E-state index is 13.1. The highest BCUT2D eigenvalue weighted by Crippen LogP contribution is 2.45. The number of hydrogen-bond acceptors (Lipinski definition) is 15. The Morgan fingerprint density at radius 1 is 0.258 bits per heavy atom.